The predicted molar refractivity (Wildman–Crippen MR) is 58.9 cm³/mol. The molecule has 0 fully saturated rings. The van der Waals surface area contributed by atoms with Gasteiger partial charge < -0.3 is 0 Å². The number of aryl methyl sites for hydroxylation is 1. The smallest absolute Gasteiger partial charge is 0.213 e. The summed E-state index contributed by atoms with van der Waals surface area (Å²) < 4.78 is 23.9. The second kappa shape index (κ2) is 3.94. The van der Waals surface area contributed by atoms with Crippen LogP contribution >= 0.6 is 0 Å². The Morgan fingerprint density at radius 2 is 1.93 bits per heavy atom. The molecule has 1 rings (SSSR count). The molecule has 1 aromatic rings. The average Bonchev–Trinajstić information content (AvgIpc) is 2.29. The number of aromatic nitrogens is 2. The van der Waals surface area contributed by atoms with Crippen molar-refractivity contribution in [2.24, 2.45) is 5.14 Å². The van der Waals surface area contributed by atoms with Gasteiger partial charge in [-0.05, 0) is 27.7 Å². The Bertz CT molecular complexity index is 460. The van der Waals surface area contributed by atoms with Crippen LogP contribution in [0.4, 0.5) is 0 Å². The van der Waals surface area contributed by atoms with E-state index in [0.29, 0.717) is 5.56 Å². The summed E-state index contributed by atoms with van der Waals surface area (Å²) in [4.78, 5) is 0. The highest BCUT2D eigenvalue weighted by Gasteiger charge is 2.17. The molecule has 5 nitrogen and oxygen atoms in total. The number of nitrogens with two attached hydrogens (primary N) is 1. The maximum atomic E-state index is 11.0. The maximum Gasteiger partial charge on any atom is 0.213 e. The molecule has 0 saturated carbocycles. The van der Waals surface area contributed by atoms with E-state index in [0.717, 1.165) is 11.4 Å². The van der Waals surface area contributed by atoms with Gasteiger partial charge in [-0.2, -0.15) is 5.10 Å². The molecule has 6 heteroatoms. The van der Waals surface area contributed by atoms with E-state index in [2.05, 4.69) is 5.10 Å². The van der Waals surface area contributed by atoms with Gasteiger partial charge in [-0.25, -0.2) is 13.6 Å². The van der Waals surface area contributed by atoms with E-state index in [1.165, 1.54) is 0 Å². The number of hydrogen-bond acceptors (Lipinski definition) is 3. The third kappa shape index (κ3) is 2.79. The summed E-state index contributed by atoms with van der Waals surface area (Å²) >= 11 is 0. The van der Waals surface area contributed by atoms with Gasteiger partial charge >= 0.3 is 0 Å². The molecule has 0 atom stereocenters. The predicted octanol–water partition coefficient (Wildman–Crippen LogP) is 0.869. The van der Waals surface area contributed by atoms with Crippen LogP contribution < -0.4 is 5.14 Å². The highest BCUT2D eigenvalue weighted by molar-refractivity contribution is 7.88. The Morgan fingerprint density at radius 3 is 2.27 bits per heavy atom. The number of sulfonamides is 1. The van der Waals surface area contributed by atoms with Crippen molar-refractivity contribution >= 4 is 10.0 Å². The maximum absolute atomic E-state index is 11.0. The zero-order valence-corrected chi connectivity index (χ0v) is 10.3. The lowest BCUT2D eigenvalue weighted by atomic mass is 10.2. The Hall–Kier alpha value is -0.880. The molecule has 0 aliphatic rings. The van der Waals surface area contributed by atoms with Gasteiger partial charge in [0.25, 0.3) is 0 Å². The van der Waals surface area contributed by atoms with Gasteiger partial charge in [0.05, 0.1) is 11.4 Å². The molecule has 0 bridgehead atoms. The SMILES string of the molecule is Cc1nn(C(C)C)c(C)c1CS(N)(=O)=O. The molecule has 86 valence electrons. The van der Waals surface area contributed by atoms with Crippen LogP contribution in [0, 0.1) is 13.8 Å². The van der Waals surface area contributed by atoms with Gasteiger partial charge in [-0.15, -0.1) is 0 Å². The highest BCUT2D eigenvalue weighted by atomic mass is 32.2. The van der Waals surface area contributed by atoms with Crippen molar-refractivity contribution in [2.75, 3.05) is 0 Å². The summed E-state index contributed by atoms with van der Waals surface area (Å²) in [5.41, 5.74) is 2.32. The third-order valence-electron chi connectivity index (χ3n) is 2.31. The van der Waals surface area contributed by atoms with E-state index < -0.39 is 10.0 Å². The highest BCUT2D eigenvalue weighted by Crippen LogP contribution is 2.18. The summed E-state index contributed by atoms with van der Waals surface area (Å²) in [5, 5.41) is 9.32. The lowest BCUT2D eigenvalue weighted by Crippen LogP contribution is -2.15. The first kappa shape index (κ1) is 12.2. The van der Waals surface area contributed by atoms with Gasteiger partial charge in [0.2, 0.25) is 10.0 Å². The van der Waals surface area contributed by atoms with Gasteiger partial charge in [0.1, 0.15) is 0 Å². The molecule has 0 aliphatic heterocycles. The zero-order chi connectivity index (χ0) is 11.8. The summed E-state index contributed by atoms with van der Waals surface area (Å²) in [6, 6.07) is 0.220. The molecule has 15 heavy (non-hydrogen) atoms. The van der Waals surface area contributed by atoms with Crippen molar-refractivity contribution in [3.8, 4) is 0 Å². The molecule has 2 N–H and O–H groups in total. The first-order chi connectivity index (χ1) is 6.72. The van der Waals surface area contributed by atoms with E-state index in [1.807, 2.05) is 25.5 Å². The molecule has 0 spiro atoms. The Morgan fingerprint density at radius 1 is 1.40 bits per heavy atom. The van der Waals surface area contributed by atoms with E-state index in [4.69, 9.17) is 5.14 Å². The van der Waals surface area contributed by atoms with Gasteiger partial charge in [0, 0.05) is 17.3 Å². The molecule has 0 radical (unpaired) electrons. The molecular formula is C9H17N3O2S. The Balaban J connectivity index is 3.20. The first-order valence-corrected chi connectivity index (χ1v) is 6.49. The topological polar surface area (TPSA) is 78.0 Å². The Labute approximate surface area is 90.3 Å². The fourth-order valence-corrected chi connectivity index (χ4v) is 2.43. The molecular weight excluding hydrogens is 214 g/mol. The van der Waals surface area contributed by atoms with Crippen molar-refractivity contribution in [1.29, 1.82) is 0 Å². The van der Waals surface area contributed by atoms with Crippen LogP contribution in [0.25, 0.3) is 0 Å². The average molecular weight is 231 g/mol. The molecule has 1 heterocycles. The molecule has 0 unspecified atom stereocenters. The van der Waals surface area contributed by atoms with Crippen molar-refractivity contribution < 1.29 is 8.42 Å². The normalized spacial score (nSPS) is 12.4. The summed E-state index contributed by atoms with van der Waals surface area (Å²) in [5.74, 6) is -0.141. The third-order valence-corrected chi connectivity index (χ3v) is 3.00. The number of nitrogens with zero attached hydrogens (tertiary/aromatic N) is 2. The van der Waals surface area contributed by atoms with Crippen LogP contribution in [0.3, 0.4) is 0 Å². The minimum atomic E-state index is -3.49. The van der Waals surface area contributed by atoms with E-state index >= 15 is 0 Å². The van der Waals surface area contributed by atoms with Crippen LogP contribution in [0.5, 0.6) is 0 Å². The fourth-order valence-electron chi connectivity index (χ4n) is 1.61. The minimum absolute atomic E-state index is 0.141. The van der Waals surface area contributed by atoms with Crippen molar-refractivity contribution in [1.82, 2.24) is 9.78 Å². The lowest BCUT2D eigenvalue weighted by Gasteiger charge is -2.08. The molecule has 0 amide bonds. The quantitative estimate of drug-likeness (QED) is 0.838. The van der Waals surface area contributed by atoms with E-state index in [-0.39, 0.29) is 11.8 Å². The standard InChI is InChI=1S/C9H17N3O2S/c1-6(2)12-8(4)9(7(3)11-12)5-15(10,13)14/h6H,5H2,1-4H3,(H2,10,13,14). The first-order valence-electron chi connectivity index (χ1n) is 4.77. The van der Waals surface area contributed by atoms with Crippen LogP contribution in [-0.2, 0) is 15.8 Å². The summed E-state index contributed by atoms with van der Waals surface area (Å²) in [7, 11) is -3.49. The largest absolute Gasteiger partial charge is 0.267 e. The van der Waals surface area contributed by atoms with Gasteiger partial charge in [-0.3, -0.25) is 4.68 Å². The summed E-state index contributed by atoms with van der Waals surface area (Å²) in [6.45, 7) is 7.66. The minimum Gasteiger partial charge on any atom is -0.267 e. The monoisotopic (exact) mass is 231 g/mol. The molecule has 0 aromatic carbocycles. The second-order valence-corrected chi connectivity index (χ2v) is 5.61. The lowest BCUT2D eigenvalue weighted by molar-refractivity contribution is 0.516. The summed E-state index contributed by atoms with van der Waals surface area (Å²) in [6.07, 6.45) is 0. The molecule has 1 aromatic heterocycles. The van der Waals surface area contributed by atoms with Crippen molar-refractivity contribution in [3.05, 3.63) is 17.0 Å². The molecule has 0 aliphatic carbocycles. The van der Waals surface area contributed by atoms with E-state index in [9.17, 15) is 8.42 Å². The number of hydrogen-bond donors (Lipinski definition) is 1. The van der Waals surface area contributed by atoms with Crippen LogP contribution in [0.15, 0.2) is 0 Å². The number of rotatable bonds is 3. The fraction of sp³-hybridized carbons (Fsp3) is 0.667. The number of primary sulfonamides is 1. The van der Waals surface area contributed by atoms with Crippen molar-refractivity contribution in [2.45, 2.75) is 39.5 Å². The van der Waals surface area contributed by atoms with Crippen LogP contribution in [-0.4, -0.2) is 18.2 Å². The van der Waals surface area contributed by atoms with Crippen molar-refractivity contribution in [3.63, 3.8) is 0 Å². The van der Waals surface area contributed by atoms with Gasteiger partial charge in [0.15, 0.2) is 0 Å². The Kier molecular flexibility index (Phi) is 3.20. The second-order valence-electron chi connectivity index (χ2n) is 3.99. The van der Waals surface area contributed by atoms with E-state index in [1.54, 1.807) is 6.92 Å². The zero-order valence-electron chi connectivity index (χ0n) is 9.48. The molecule has 0 saturated heterocycles. The van der Waals surface area contributed by atoms with Gasteiger partial charge in [-0.1, -0.05) is 0 Å². The van der Waals surface area contributed by atoms with Crippen LogP contribution in [0.2, 0.25) is 0 Å². The van der Waals surface area contributed by atoms with Crippen LogP contribution in [0.1, 0.15) is 36.8 Å².